The number of rotatable bonds is 4. The molecule has 3 heteroatoms. The molecule has 1 heterocycles. The molecule has 104 valence electrons. The molecule has 0 saturated heterocycles. The normalized spacial score (nSPS) is 10.5. The zero-order valence-corrected chi connectivity index (χ0v) is 11.7. The molecular formula is C18H15NO2. The van der Waals surface area contributed by atoms with Crippen LogP contribution < -0.4 is 4.74 Å². The molecule has 0 radical (unpaired) electrons. The number of aromatic nitrogens is 1. The van der Waals surface area contributed by atoms with Crippen LogP contribution in [0.1, 0.15) is 15.9 Å². The Bertz CT molecular complexity index is 796. The zero-order chi connectivity index (χ0) is 14.7. The van der Waals surface area contributed by atoms with E-state index in [1.54, 1.807) is 25.6 Å². The Morgan fingerprint density at radius 2 is 1.86 bits per heavy atom. The predicted octanol–water partition coefficient (Wildman–Crippen LogP) is 3.67. The van der Waals surface area contributed by atoms with Crippen LogP contribution in [0, 0.1) is 0 Å². The van der Waals surface area contributed by atoms with Crippen LogP contribution in [0.2, 0.25) is 0 Å². The quantitative estimate of drug-likeness (QED) is 0.683. The molecule has 21 heavy (non-hydrogen) atoms. The van der Waals surface area contributed by atoms with Crippen LogP contribution in [0.4, 0.5) is 0 Å². The molecule has 0 atom stereocenters. The maximum Gasteiger partial charge on any atom is 0.168 e. The molecule has 1 aromatic heterocycles. The van der Waals surface area contributed by atoms with Crippen LogP contribution in [0.15, 0.2) is 60.9 Å². The lowest BCUT2D eigenvalue weighted by Crippen LogP contribution is -2.04. The fourth-order valence-electron chi connectivity index (χ4n) is 2.32. The topological polar surface area (TPSA) is 39.2 Å². The monoisotopic (exact) mass is 277 g/mol. The molecule has 0 amide bonds. The highest BCUT2D eigenvalue weighted by atomic mass is 16.5. The first kappa shape index (κ1) is 13.3. The van der Waals surface area contributed by atoms with E-state index in [9.17, 15) is 4.79 Å². The molecule has 0 bridgehead atoms. The van der Waals surface area contributed by atoms with Crippen LogP contribution in [0.25, 0.3) is 10.8 Å². The fraction of sp³-hybridized carbons (Fsp3) is 0.111. The number of fused-ring (bicyclic) bond motifs is 1. The molecule has 0 aliphatic carbocycles. The Labute approximate surface area is 123 Å². The Hall–Kier alpha value is -2.68. The van der Waals surface area contributed by atoms with E-state index < -0.39 is 0 Å². The van der Waals surface area contributed by atoms with Crippen LogP contribution in [-0.2, 0) is 6.42 Å². The zero-order valence-electron chi connectivity index (χ0n) is 11.7. The number of hydrogen-bond donors (Lipinski definition) is 0. The number of ketones is 1. The van der Waals surface area contributed by atoms with Gasteiger partial charge in [-0.15, -0.1) is 0 Å². The van der Waals surface area contributed by atoms with Gasteiger partial charge in [0.15, 0.2) is 5.78 Å². The molecule has 3 rings (SSSR count). The average Bonchev–Trinajstić information content (AvgIpc) is 2.54. The van der Waals surface area contributed by atoms with Gasteiger partial charge in [0.05, 0.1) is 13.3 Å². The van der Waals surface area contributed by atoms with E-state index in [-0.39, 0.29) is 5.78 Å². The number of hydrogen-bond acceptors (Lipinski definition) is 3. The molecule has 0 aliphatic rings. The maximum absolute atomic E-state index is 12.3. The summed E-state index contributed by atoms with van der Waals surface area (Å²) in [5.74, 6) is 0.635. The highest BCUT2D eigenvalue weighted by Gasteiger charge is 2.09. The number of carbonyl (C=O) groups is 1. The predicted molar refractivity (Wildman–Crippen MR) is 82.8 cm³/mol. The van der Waals surface area contributed by atoms with Gasteiger partial charge in [0.1, 0.15) is 5.75 Å². The average molecular weight is 277 g/mol. The van der Waals surface area contributed by atoms with Crippen molar-refractivity contribution < 1.29 is 9.53 Å². The number of methoxy groups -OCH3 is 1. The molecule has 0 aliphatic heterocycles. The van der Waals surface area contributed by atoms with Gasteiger partial charge in [-0.3, -0.25) is 9.78 Å². The molecule has 3 nitrogen and oxygen atoms in total. The summed E-state index contributed by atoms with van der Waals surface area (Å²) in [5, 5.41) is 2.32. The van der Waals surface area contributed by atoms with Gasteiger partial charge in [-0.25, -0.2) is 0 Å². The minimum Gasteiger partial charge on any atom is -0.495 e. The van der Waals surface area contributed by atoms with Crippen molar-refractivity contribution in [3.8, 4) is 5.75 Å². The molecule has 0 fully saturated rings. The fourth-order valence-corrected chi connectivity index (χ4v) is 2.32. The number of benzene rings is 2. The second-order valence-electron chi connectivity index (χ2n) is 4.89. The first-order chi connectivity index (χ1) is 10.3. The number of pyridine rings is 1. The van der Waals surface area contributed by atoms with Crippen molar-refractivity contribution in [2.24, 2.45) is 0 Å². The summed E-state index contributed by atoms with van der Waals surface area (Å²) in [5.41, 5.74) is 1.57. The van der Waals surface area contributed by atoms with Crippen LogP contribution in [0.3, 0.4) is 0 Å². The van der Waals surface area contributed by atoms with Gasteiger partial charge < -0.3 is 4.74 Å². The smallest absolute Gasteiger partial charge is 0.168 e. The summed E-state index contributed by atoms with van der Waals surface area (Å²) in [6.07, 6.45) is 3.53. The summed E-state index contributed by atoms with van der Waals surface area (Å²) in [6, 6.07) is 15.9. The molecule has 0 N–H and O–H groups in total. The third-order valence-electron chi connectivity index (χ3n) is 3.45. The molecule has 0 unspecified atom stereocenters. The van der Waals surface area contributed by atoms with Crippen LogP contribution in [0.5, 0.6) is 5.75 Å². The van der Waals surface area contributed by atoms with E-state index in [0.29, 0.717) is 17.7 Å². The van der Waals surface area contributed by atoms with E-state index in [1.165, 1.54) is 5.39 Å². The minimum absolute atomic E-state index is 0.0386. The van der Waals surface area contributed by atoms with Gasteiger partial charge in [0.25, 0.3) is 0 Å². The summed E-state index contributed by atoms with van der Waals surface area (Å²) in [4.78, 5) is 16.3. The molecule has 0 saturated carbocycles. The maximum atomic E-state index is 12.3. The Morgan fingerprint density at radius 1 is 1.05 bits per heavy atom. The van der Waals surface area contributed by atoms with E-state index in [0.717, 1.165) is 10.9 Å². The van der Waals surface area contributed by atoms with E-state index in [1.807, 2.05) is 24.3 Å². The van der Waals surface area contributed by atoms with Crippen molar-refractivity contribution >= 4 is 16.6 Å². The van der Waals surface area contributed by atoms with Crippen molar-refractivity contribution in [1.82, 2.24) is 4.98 Å². The van der Waals surface area contributed by atoms with Crippen molar-refractivity contribution in [2.45, 2.75) is 6.42 Å². The highest BCUT2D eigenvalue weighted by molar-refractivity contribution is 5.98. The Balaban J connectivity index is 1.85. The van der Waals surface area contributed by atoms with Gasteiger partial charge in [0, 0.05) is 18.2 Å². The van der Waals surface area contributed by atoms with Crippen LogP contribution >= 0.6 is 0 Å². The number of Topliss-reactive ketones (excluding diaryl/α,β-unsaturated/α-hetero) is 1. The lowest BCUT2D eigenvalue weighted by Gasteiger charge is -2.05. The lowest BCUT2D eigenvalue weighted by atomic mass is 10.0. The second-order valence-corrected chi connectivity index (χ2v) is 4.89. The minimum atomic E-state index is 0.0386. The third kappa shape index (κ3) is 2.92. The number of carbonyl (C=O) groups excluding carboxylic acids is 1. The molecule has 2 aromatic carbocycles. The van der Waals surface area contributed by atoms with E-state index in [2.05, 4.69) is 23.2 Å². The highest BCUT2D eigenvalue weighted by Crippen LogP contribution is 2.18. The Kier molecular flexibility index (Phi) is 3.65. The largest absolute Gasteiger partial charge is 0.495 e. The lowest BCUT2D eigenvalue weighted by molar-refractivity contribution is 0.0992. The summed E-state index contributed by atoms with van der Waals surface area (Å²) >= 11 is 0. The molecular weight excluding hydrogens is 262 g/mol. The van der Waals surface area contributed by atoms with E-state index >= 15 is 0 Å². The Morgan fingerprint density at radius 3 is 2.67 bits per heavy atom. The van der Waals surface area contributed by atoms with Crippen molar-refractivity contribution in [3.05, 3.63) is 72.1 Å². The van der Waals surface area contributed by atoms with E-state index in [4.69, 9.17) is 4.74 Å². The van der Waals surface area contributed by atoms with Crippen molar-refractivity contribution in [1.29, 1.82) is 0 Å². The van der Waals surface area contributed by atoms with Crippen molar-refractivity contribution in [2.75, 3.05) is 7.11 Å². The van der Waals surface area contributed by atoms with Gasteiger partial charge >= 0.3 is 0 Å². The van der Waals surface area contributed by atoms with Gasteiger partial charge in [0.2, 0.25) is 0 Å². The first-order valence-corrected chi connectivity index (χ1v) is 6.76. The second kappa shape index (κ2) is 5.75. The van der Waals surface area contributed by atoms with Gasteiger partial charge in [-0.1, -0.05) is 42.5 Å². The summed E-state index contributed by atoms with van der Waals surface area (Å²) < 4.78 is 5.10. The van der Waals surface area contributed by atoms with Gasteiger partial charge in [-0.05, 0) is 22.4 Å². The summed E-state index contributed by atoms with van der Waals surface area (Å²) in [7, 11) is 1.56. The molecule has 0 spiro atoms. The number of nitrogens with zero attached hydrogens (tertiary/aromatic N) is 1. The standard InChI is InChI=1S/C18H15NO2/c1-21-17-10-16(11-19-12-17)18(20)9-13-6-7-14-4-2-3-5-15(14)8-13/h2-8,10-12H,9H2,1H3. The first-order valence-electron chi connectivity index (χ1n) is 6.76. The molecule has 3 aromatic rings. The van der Waals surface area contributed by atoms with Crippen LogP contribution in [-0.4, -0.2) is 17.9 Å². The SMILES string of the molecule is COc1cncc(C(=O)Cc2ccc3ccccc3c2)c1. The third-order valence-corrected chi connectivity index (χ3v) is 3.45. The summed E-state index contributed by atoms with van der Waals surface area (Å²) in [6.45, 7) is 0. The van der Waals surface area contributed by atoms with Crippen molar-refractivity contribution in [3.63, 3.8) is 0 Å². The number of ether oxygens (including phenoxy) is 1. The van der Waals surface area contributed by atoms with Gasteiger partial charge in [-0.2, -0.15) is 0 Å².